The second-order valence-corrected chi connectivity index (χ2v) is 4.99. The third kappa shape index (κ3) is 3.58. The minimum Gasteiger partial charge on any atom is -0.296 e. The minimum absolute atomic E-state index is 0.106. The van der Waals surface area contributed by atoms with E-state index in [2.05, 4.69) is 41.7 Å². The van der Waals surface area contributed by atoms with Gasteiger partial charge in [0.25, 0.3) is 0 Å². The molecule has 0 bridgehead atoms. The smallest absolute Gasteiger partial charge is 0.123 e. The average molecular weight is 274 g/mol. The van der Waals surface area contributed by atoms with E-state index in [-0.39, 0.29) is 11.4 Å². The van der Waals surface area contributed by atoms with Gasteiger partial charge in [0.2, 0.25) is 0 Å². The Labute approximate surface area is 99.4 Å². The van der Waals surface area contributed by atoms with E-state index in [1.165, 1.54) is 12.1 Å². The van der Waals surface area contributed by atoms with E-state index in [0.717, 1.165) is 17.4 Å². The summed E-state index contributed by atoms with van der Waals surface area (Å²) in [5.74, 6) is -0.179. The van der Waals surface area contributed by atoms with Crippen LogP contribution in [0.15, 0.2) is 24.3 Å². The van der Waals surface area contributed by atoms with Crippen molar-refractivity contribution >= 4 is 15.9 Å². The van der Waals surface area contributed by atoms with Crippen molar-refractivity contribution in [2.75, 3.05) is 12.4 Å². The fourth-order valence-electron chi connectivity index (χ4n) is 1.18. The van der Waals surface area contributed by atoms with Gasteiger partial charge in [0.1, 0.15) is 5.82 Å². The Kier molecular flexibility index (Phi) is 4.29. The van der Waals surface area contributed by atoms with Crippen LogP contribution in [-0.4, -0.2) is 22.8 Å². The lowest BCUT2D eigenvalue weighted by molar-refractivity contribution is 0.173. The predicted octanol–water partition coefficient (Wildman–Crippen LogP) is 3.43. The van der Waals surface area contributed by atoms with Gasteiger partial charge in [-0.1, -0.05) is 28.1 Å². The first-order chi connectivity index (χ1) is 6.95. The summed E-state index contributed by atoms with van der Waals surface area (Å²) in [5.41, 5.74) is 1.24. The van der Waals surface area contributed by atoms with Crippen molar-refractivity contribution in [3.8, 4) is 0 Å². The van der Waals surface area contributed by atoms with Gasteiger partial charge in [0.15, 0.2) is 0 Å². The van der Waals surface area contributed by atoms with Gasteiger partial charge >= 0.3 is 0 Å². The molecule has 0 heterocycles. The third-order valence-electron chi connectivity index (χ3n) is 2.69. The molecule has 0 spiro atoms. The monoisotopic (exact) mass is 273 g/mol. The van der Waals surface area contributed by atoms with E-state index in [9.17, 15) is 4.39 Å². The highest BCUT2D eigenvalue weighted by molar-refractivity contribution is 9.09. The summed E-state index contributed by atoms with van der Waals surface area (Å²) in [4.78, 5) is 2.25. The molecule has 84 valence electrons. The molecule has 0 saturated carbocycles. The minimum atomic E-state index is -0.179. The van der Waals surface area contributed by atoms with Gasteiger partial charge in [-0.25, -0.2) is 4.39 Å². The SMILES string of the molecule is CN(Cc1ccc(F)cc1)C(C)(C)CBr. The van der Waals surface area contributed by atoms with Crippen LogP contribution in [-0.2, 0) is 6.54 Å². The molecular formula is C12H17BrFN. The van der Waals surface area contributed by atoms with E-state index < -0.39 is 0 Å². The Balaban J connectivity index is 2.66. The zero-order valence-electron chi connectivity index (χ0n) is 9.43. The van der Waals surface area contributed by atoms with E-state index in [1.807, 2.05) is 12.1 Å². The Morgan fingerprint density at radius 3 is 2.27 bits per heavy atom. The summed E-state index contributed by atoms with van der Waals surface area (Å²) in [6.07, 6.45) is 0. The maximum absolute atomic E-state index is 12.7. The van der Waals surface area contributed by atoms with Crippen LogP contribution in [0.3, 0.4) is 0 Å². The Hall–Kier alpha value is -0.410. The summed E-state index contributed by atoms with van der Waals surface area (Å²) >= 11 is 3.49. The van der Waals surface area contributed by atoms with Gasteiger partial charge in [-0.2, -0.15) is 0 Å². The molecule has 0 aliphatic carbocycles. The van der Waals surface area contributed by atoms with E-state index in [0.29, 0.717) is 0 Å². The Bertz CT molecular complexity index is 308. The van der Waals surface area contributed by atoms with Crippen LogP contribution >= 0.6 is 15.9 Å². The number of nitrogens with zero attached hydrogens (tertiary/aromatic N) is 1. The van der Waals surface area contributed by atoms with Crippen LogP contribution in [0.4, 0.5) is 4.39 Å². The first kappa shape index (κ1) is 12.7. The van der Waals surface area contributed by atoms with Crippen molar-refractivity contribution in [3.05, 3.63) is 35.6 Å². The zero-order chi connectivity index (χ0) is 11.5. The highest BCUT2D eigenvalue weighted by Crippen LogP contribution is 2.18. The second kappa shape index (κ2) is 5.08. The average Bonchev–Trinajstić information content (AvgIpc) is 2.21. The molecule has 1 nitrogen and oxygen atoms in total. The molecule has 0 amide bonds. The molecule has 15 heavy (non-hydrogen) atoms. The molecule has 0 N–H and O–H groups in total. The summed E-state index contributed by atoms with van der Waals surface area (Å²) in [7, 11) is 2.07. The van der Waals surface area contributed by atoms with Crippen molar-refractivity contribution in [2.45, 2.75) is 25.9 Å². The quantitative estimate of drug-likeness (QED) is 0.760. The van der Waals surface area contributed by atoms with Gasteiger partial charge < -0.3 is 0 Å². The third-order valence-corrected chi connectivity index (χ3v) is 4.07. The fourth-order valence-corrected chi connectivity index (χ4v) is 1.61. The number of rotatable bonds is 4. The zero-order valence-corrected chi connectivity index (χ0v) is 11.0. The van der Waals surface area contributed by atoms with Gasteiger partial charge in [-0.15, -0.1) is 0 Å². The van der Waals surface area contributed by atoms with Crippen LogP contribution in [0.5, 0.6) is 0 Å². The maximum Gasteiger partial charge on any atom is 0.123 e. The number of benzene rings is 1. The summed E-state index contributed by atoms with van der Waals surface area (Å²) in [5, 5.41) is 0.914. The normalized spacial score (nSPS) is 12.1. The molecule has 0 aliphatic rings. The molecule has 0 atom stereocenters. The standard InChI is InChI=1S/C12H17BrFN/c1-12(2,9-13)15(3)8-10-4-6-11(14)7-5-10/h4-7H,8-9H2,1-3H3. The van der Waals surface area contributed by atoms with Crippen LogP contribution in [0.2, 0.25) is 0 Å². The topological polar surface area (TPSA) is 3.24 Å². The lowest BCUT2D eigenvalue weighted by atomic mass is 10.1. The lowest BCUT2D eigenvalue weighted by Crippen LogP contribution is -2.41. The molecule has 0 unspecified atom stereocenters. The molecule has 3 heteroatoms. The van der Waals surface area contributed by atoms with Crippen LogP contribution in [0.1, 0.15) is 19.4 Å². The largest absolute Gasteiger partial charge is 0.296 e. The van der Waals surface area contributed by atoms with Crippen LogP contribution < -0.4 is 0 Å². The molecule has 0 aromatic heterocycles. The van der Waals surface area contributed by atoms with Gasteiger partial charge in [0.05, 0.1) is 0 Å². The highest BCUT2D eigenvalue weighted by atomic mass is 79.9. The number of hydrogen-bond acceptors (Lipinski definition) is 1. The number of hydrogen-bond donors (Lipinski definition) is 0. The van der Waals surface area contributed by atoms with Crippen LogP contribution in [0.25, 0.3) is 0 Å². The van der Waals surface area contributed by atoms with Crippen molar-refractivity contribution in [2.24, 2.45) is 0 Å². The molecular weight excluding hydrogens is 257 g/mol. The highest BCUT2D eigenvalue weighted by Gasteiger charge is 2.21. The van der Waals surface area contributed by atoms with Crippen molar-refractivity contribution in [1.29, 1.82) is 0 Å². The van der Waals surface area contributed by atoms with Gasteiger partial charge in [-0.3, -0.25) is 4.90 Å². The molecule has 0 radical (unpaired) electrons. The van der Waals surface area contributed by atoms with E-state index >= 15 is 0 Å². The Morgan fingerprint density at radius 2 is 1.80 bits per heavy atom. The lowest BCUT2D eigenvalue weighted by Gasteiger charge is -2.34. The first-order valence-electron chi connectivity index (χ1n) is 4.97. The molecule has 0 aliphatic heterocycles. The van der Waals surface area contributed by atoms with Crippen molar-refractivity contribution in [3.63, 3.8) is 0 Å². The molecule has 1 aromatic carbocycles. The predicted molar refractivity (Wildman–Crippen MR) is 65.7 cm³/mol. The molecule has 0 fully saturated rings. The second-order valence-electron chi connectivity index (χ2n) is 4.43. The molecule has 0 saturated heterocycles. The molecule has 1 rings (SSSR count). The summed E-state index contributed by atoms with van der Waals surface area (Å²) in [6.45, 7) is 5.18. The van der Waals surface area contributed by atoms with Crippen LogP contribution in [0, 0.1) is 5.82 Å². The summed E-state index contributed by atoms with van der Waals surface area (Å²) in [6, 6.07) is 6.67. The first-order valence-corrected chi connectivity index (χ1v) is 6.09. The maximum atomic E-state index is 12.7. The fraction of sp³-hybridized carbons (Fsp3) is 0.500. The number of alkyl halides is 1. The van der Waals surface area contributed by atoms with E-state index in [4.69, 9.17) is 0 Å². The van der Waals surface area contributed by atoms with Gasteiger partial charge in [0, 0.05) is 17.4 Å². The Morgan fingerprint density at radius 1 is 1.27 bits per heavy atom. The summed E-state index contributed by atoms with van der Waals surface area (Å²) < 4.78 is 12.7. The van der Waals surface area contributed by atoms with Crippen molar-refractivity contribution < 1.29 is 4.39 Å². The molecule has 1 aromatic rings. The van der Waals surface area contributed by atoms with Gasteiger partial charge in [-0.05, 0) is 38.6 Å². The van der Waals surface area contributed by atoms with E-state index in [1.54, 1.807) is 0 Å². The number of halogens is 2. The van der Waals surface area contributed by atoms with Crippen molar-refractivity contribution in [1.82, 2.24) is 4.90 Å².